The fraction of sp³-hybridized carbons (Fsp3) is 0.0714. The molecule has 0 saturated heterocycles. The summed E-state index contributed by atoms with van der Waals surface area (Å²) in [6, 6.07) is 6.82. The van der Waals surface area contributed by atoms with E-state index in [0.717, 1.165) is 0 Å². The molecule has 0 atom stereocenters. The number of carbonyl (C=O) groups excluding carboxylic acids is 3. The molecule has 0 saturated carbocycles. The summed E-state index contributed by atoms with van der Waals surface area (Å²) in [5, 5.41) is 0. The predicted molar refractivity (Wildman–Crippen MR) is 76.1 cm³/mol. The van der Waals surface area contributed by atoms with Gasteiger partial charge in [0.05, 0.1) is 14.0 Å². The number of thioether (sulfide) groups is 2. The van der Waals surface area contributed by atoms with Crippen molar-refractivity contribution in [3.8, 4) is 0 Å². The molecular weight excluding hydrogens is 280 g/mol. The molecule has 1 aromatic carbocycles. The summed E-state index contributed by atoms with van der Waals surface area (Å²) < 4.78 is 0.687. The van der Waals surface area contributed by atoms with Crippen LogP contribution in [0.15, 0.2) is 44.4 Å². The quantitative estimate of drug-likeness (QED) is 0.743. The van der Waals surface area contributed by atoms with Gasteiger partial charge in [-0.1, -0.05) is 47.8 Å². The van der Waals surface area contributed by atoms with E-state index < -0.39 is 0 Å². The predicted octanol–water partition coefficient (Wildman–Crippen LogP) is 3.19. The molecule has 1 aromatic rings. The number of benzene rings is 1. The van der Waals surface area contributed by atoms with Crippen molar-refractivity contribution in [2.45, 2.75) is 6.92 Å². The molecule has 0 N–H and O–H groups in total. The highest BCUT2D eigenvalue weighted by atomic mass is 32.2. The van der Waals surface area contributed by atoms with Crippen LogP contribution in [0.2, 0.25) is 0 Å². The van der Waals surface area contributed by atoms with E-state index in [2.05, 4.69) is 0 Å². The first kappa shape index (κ1) is 12.4. The van der Waals surface area contributed by atoms with E-state index in [4.69, 9.17) is 0 Å². The first-order valence-electron chi connectivity index (χ1n) is 5.58. The highest BCUT2D eigenvalue weighted by Gasteiger charge is 2.37. The summed E-state index contributed by atoms with van der Waals surface area (Å²) in [5.41, 5.74) is 0.895. The van der Waals surface area contributed by atoms with Crippen molar-refractivity contribution < 1.29 is 14.4 Å². The van der Waals surface area contributed by atoms with Gasteiger partial charge < -0.3 is 0 Å². The number of carbonyl (C=O) groups is 3. The van der Waals surface area contributed by atoms with Gasteiger partial charge in [-0.25, -0.2) is 0 Å². The minimum absolute atomic E-state index is 0.0905. The van der Waals surface area contributed by atoms with Crippen LogP contribution in [-0.2, 0) is 4.79 Å². The fourth-order valence-electron chi connectivity index (χ4n) is 1.96. The molecule has 0 amide bonds. The van der Waals surface area contributed by atoms with Crippen LogP contribution in [0.25, 0.3) is 0 Å². The van der Waals surface area contributed by atoms with Gasteiger partial charge in [0.2, 0.25) is 11.6 Å². The maximum absolute atomic E-state index is 12.3. The highest BCUT2D eigenvalue weighted by molar-refractivity contribution is 8.29. The van der Waals surface area contributed by atoms with Crippen LogP contribution in [0, 0.1) is 0 Å². The Kier molecular flexibility index (Phi) is 2.95. The van der Waals surface area contributed by atoms with E-state index >= 15 is 0 Å². The lowest BCUT2D eigenvalue weighted by atomic mass is 9.94. The second-order valence-electron chi connectivity index (χ2n) is 4.14. The third kappa shape index (κ3) is 1.99. The van der Waals surface area contributed by atoms with Crippen LogP contribution >= 0.6 is 23.5 Å². The lowest BCUT2D eigenvalue weighted by molar-refractivity contribution is -0.112. The lowest BCUT2D eigenvalue weighted by Gasteiger charge is -2.13. The normalized spacial score (nSPS) is 17.4. The van der Waals surface area contributed by atoms with Crippen LogP contribution in [0.3, 0.4) is 0 Å². The molecular formula is C14H8O3S2. The number of rotatable bonds is 1. The van der Waals surface area contributed by atoms with Crippen molar-refractivity contribution in [2.24, 2.45) is 0 Å². The summed E-state index contributed by atoms with van der Waals surface area (Å²) in [5.74, 6) is -0.350. The minimum Gasteiger partial charge on any atom is -0.295 e. The minimum atomic E-state index is -0.130. The van der Waals surface area contributed by atoms with Gasteiger partial charge >= 0.3 is 0 Å². The van der Waals surface area contributed by atoms with Crippen LogP contribution < -0.4 is 0 Å². The van der Waals surface area contributed by atoms with E-state index in [9.17, 15) is 14.4 Å². The fourth-order valence-corrected chi connectivity index (χ4v) is 4.51. The maximum Gasteiger partial charge on any atom is 0.201 e. The van der Waals surface area contributed by atoms with Crippen molar-refractivity contribution in [2.75, 3.05) is 0 Å². The standard InChI is InChI=1S/C14H8O3S2/c1-7(15)6-10-18-13-11(16)8-4-2-3-5-9(8)12(17)14(13)19-10/h2-6H,1H3. The molecule has 3 rings (SSSR count). The molecule has 0 aromatic heterocycles. The van der Waals surface area contributed by atoms with Gasteiger partial charge in [-0.3, -0.25) is 14.4 Å². The monoisotopic (exact) mass is 288 g/mol. The molecule has 1 aliphatic carbocycles. The molecule has 3 nitrogen and oxygen atoms in total. The summed E-state index contributed by atoms with van der Waals surface area (Å²) >= 11 is 2.42. The van der Waals surface area contributed by atoms with Crippen molar-refractivity contribution in [3.05, 3.63) is 55.5 Å². The topological polar surface area (TPSA) is 51.2 Å². The Hall–Kier alpha value is -1.59. The summed E-state index contributed by atoms with van der Waals surface area (Å²) in [7, 11) is 0. The smallest absolute Gasteiger partial charge is 0.201 e. The Balaban J connectivity index is 2.07. The Morgan fingerprint density at radius 1 is 1.00 bits per heavy atom. The first-order chi connectivity index (χ1) is 9.08. The van der Waals surface area contributed by atoms with Crippen molar-refractivity contribution >= 4 is 40.9 Å². The van der Waals surface area contributed by atoms with Crippen molar-refractivity contribution in [1.29, 1.82) is 0 Å². The van der Waals surface area contributed by atoms with E-state index in [-0.39, 0.29) is 17.3 Å². The zero-order chi connectivity index (χ0) is 13.6. The van der Waals surface area contributed by atoms with Gasteiger partial charge in [0.1, 0.15) is 0 Å². The van der Waals surface area contributed by atoms with Gasteiger partial charge in [0.25, 0.3) is 0 Å². The average molecular weight is 288 g/mol. The van der Waals surface area contributed by atoms with Crippen LogP contribution in [0.1, 0.15) is 27.6 Å². The van der Waals surface area contributed by atoms with Crippen molar-refractivity contribution in [3.63, 3.8) is 0 Å². The number of fused-ring (bicyclic) bond motifs is 1. The Bertz CT molecular complexity index is 649. The van der Waals surface area contributed by atoms with Gasteiger partial charge in [-0.15, -0.1) is 0 Å². The number of hydrogen-bond acceptors (Lipinski definition) is 5. The average Bonchev–Trinajstić information content (AvgIpc) is 2.79. The zero-order valence-corrected chi connectivity index (χ0v) is 11.6. The number of allylic oxidation sites excluding steroid dienone is 3. The first-order valence-corrected chi connectivity index (χ1v) is 7.22. The van der Waals surface area contributed by atoms with Crippen molar-refractivity contribution in [1.82, 2.24) is 0 Å². The summed E-state index contributed by atoms with van der Waals surface area (Å²) in [6.07, 6.45) is 1.46. The zero-order valence-electron chi connectivity index (χ0n) is 9.93. The van der Waals surface area contributed by atoms with Gasteiger partial charge in [0.15, 0.2) is 5.78 Å². The molecule has 2 aliphatic rings. The molecule has 0 radical (unpaired) electrons. The van der Waals surface area contributed by atoms with Gasteiger partial charge in [-0.05, 0) is 6.92 Å². The van der Waals surface area contributed by atoms with E-state index in [0.29, 0.717) is 25.2 Å². The molecule has 1 heterocycles. The number of Topliss-reactive ketones (excluding diaryl/α,β-unsaturated/α-hetero) is 2. The Morgan fingerprint density at radius 2 is 1.47 bits per heavy atom. The highest BCUT2D eigenvalue weighted by Crippen LogP contribution is 2.53. The molecule has 0 bridgehead atoms. The molecule has 19 heavy (non-hydrogen) atoms. The third-order valence-corrected chi connectivity index (χ3v) is 5.22. The Morgan fingerprint density at radius 3 is 1.89 bits per heavy atom. The van der Waals surface area contributed by atoms with Gasteiger partial charge in [-0.2, -0.15) is 0 Å². The number of hydrogen-bond donors (Lipinski definition) is 0. The molecule has 1 aliphatic heterocycles. The largest absolute Gasteiger partial charge is 0.295 e. The molecule has 0 spiro atoms. The van der Waals surface area contributed by atoms with Gasteiger partial charge in [0, 0.05) is 17.2 Å². The lowest BCUT2D eigenvalue weighted by Crippen LogP contribution is -2.17. The van der Waals surface area contributed by atoms with E-state index in [1.165, 1.54) is 36.5 Å². The second-order valence-corrected chi connectivity index (χ2v) is 6.50. The third-order valence-electron chi connectivity index (χ3n) is 2.76. The summed E-state index contributed by atoms with van der Waals surface area (Å²) in [4.78, 5) is 36.6. The molecule has 5 heteroatoms. The molecule has 94 valence electrons. The van der Waals surface area contributed by atoms with Crippen LogP contribution in [0.5, 0.6) is 0 Å². The summed E-state index contributed by atoms with van der Waals surface area (Å²) in [6.45, 7) is 1.45. The number of ketones is 3. The van der Waals surface area contributed by atoms with Crippen LogP contribution in [0.4, 0.5) is 0 Å². The maximum atomic E-state index is 12.3. The van der Waals surface area contributed by atoms with E-state index in [1.807, 2.05) is 0 Å². The molecule has 0 unspecified atom stereocenters. The van der Waals surface area contributed by atoms with Crippen LogP contribution in [-0.4, -0.2) is 17.3 Å². The SMILES string of the molecule is CC(=O)C=C1SC2=C(S1)C(=O)c1ccccc1C2=O. The Labute approximate surface area is 118 Å². The molecule has 0 fully saturated rings. The van der Waals surface area contributed by atoms with E-state index in [1.54, 1.807) is 24.3 Å². The second kappa shape index (κ2) is 4.51.